The molecule has 0 aliphatic carbocycles. The molecule has 0 aliphatic rings. The maximum absolute atomic E-state index is 12.3. The van der Waals surface area contributed by atoms with Gasteiger partial charge in [-0.25, -0.2) is 0 Å². The Kier molecular flexibility index (Phi) is 8.41. The van der Waals surface area contributed by atoms with Crippen molar-refractivity contribution in [1.82, 2.24) is 16.2 Å². The number of halogens is 1. The van der Waals surface area contributed by atoms with Crippen molar-refractivity contribution < 1.29 is 19.1 Å². The molecule has 0 aliphatic heterocycles. The number of aryl methyl sites for hydroxylation is 1. The molecular formula is C20H22BrN3O4S. The average molecular weight is 480 g/mol. The lowest BCUT2D eigenvalue weighted by Crippen LogP contribution is -2.49. The number of thiocarbonyl (C=S) groups is 1. The van der Waals surface area contributed by atoms with Crippen LogP contribution in [-0.4, -0.2) is 29.6 Å². The Labute approximate surface area is 183 Å². The Hall–Kier alpha value is -2.65. The summed E-state index contributed by atoms with van der Waals surface area (Å²) in [4.78, 5) is 24.1. The quantitative estimate of drug-likeness (QED) is 0.435. The van der Waals surface area contributed by atoms with Crippen LogP contribution in [-0.2, 0) is 4.79 Å². The molecule has 2 aromatic rings. The van der Waals surface area contributed by atoms with Crippen LogP contribution in [0.2, 0.25) is 0 Å². The normalized spacial score (nSPS) is 10.2. The molecule has 0 radical (unpaired) electrons. The third-order valence-corrected chi connectivity index (χ3v) is 4.31. The SMILES string of the molecule is Cc1ccc(OCC(=O)NNC(=S)NC(=O)c2ccc(OC(C)C)c(Br)c2)cc1. The fraction of sp³-hybridized carbons (Fsp3) is 0.250. The topological polar surface area (TPSA) is 88.7 Å². The molecule has 0 unspecified atom stereocenters. The van der Waals surface area contributed by atoms with Gasteiger partial charge in [-0.05, 0) is 79.3 Å². The van der Waals surface area contributed by atoms with E-state index < -0.39 is 11.8 Å². The first-order valence-electron chi connectivity index (χ1n) is 8.80. The predicted molar refractivity (Wildman–Crippen MR) is 118 cm³/mol. The van der Waals surface area contributed by atoms with Crippen LogP contribution in [0.1, 0.15) is 29.8 Å². The van der Waals surface area contributed by atoms with Gasteiger partial charge in [0.2, 0.25) is 0 Å². The molecule has 0 fully saturated rings. The lowest BCUT2D eigenvalue weighted by atomic mass is 10.2. The van der Waals surface area contributed by atoms with Crippen molar-refractivity contribution in [2.24, 2.45) is 0 Å². The first-order valence-corrected chi connectivity index (χ1v) is 10.0. The summed E-state index contributed by atoms with van der Waals surface area (Å²) < 4.78 is 11.6. The highest BCUT2D eigenvalue weighted by atomic mass is 79.9. The zero-order valence-electron chi connectivity index (χ0n) is 16.2. The van der Waals surface area contributed by atoms with E-state index in [0.29, 0.717) is 21.5 Å². The molecule has 0 saturated carbocycles. The molecule has 154 valence electrons. The third kappa shape index (κ3) is 7.71. The molecule has 0 aromatic heterocycles. The summed E-state index contributed by atoms with van der Waals surface area (Å²) in [6, 6.07) is 12.3. The molecule has 7 nitrogen and oxygen atoms in total. The van der Waals surface area contributed by atoms with Gasteiger partial charge >= 0.3 is 0 Å². The number of hydrazine groups is 1. The van der Waals surface area contributed by atoms with Gasteiger partial charge in [-0.1, -0.05) is 17.7 Å². The Bertz CT molecular complexity index is 888. The summed E-state index contributed by atoms with van der Waals surface area (Å²) in [6.45, 7) is 5.59. The number of hydrogen-bond donors (Lipinski definition) is 3. The second-order valence-electron chi connectivity index (χ2n) is 6.37. The molecule has 0 saturated heterocycles. The fourth-order valence-electron chi connectivity index (χ4n) is 2.14. The van der Waals surface area contributed by atoms with E-state index in [9.17, 15) is 9.59 Å². The minimum Gasteiger partial charge on any atom is -0.490 e. The van der Waals surface area contributed by atoms with Crippen LogP contribution in [0.3, 0.4) is 0 Å². The number of ether oxygens (including phenoxy) is 2. The van der Waals surface area contributed by atoms with Crippen LogP contribution < -0.4 is 25.6 Å². The van der Waals surface area contributed by atoms with E-state index in [4.69, 9.17) is 21.7 Å². The van der Waals surface area contributed by atoms with Crippen molar-refractivity contribution in [3.63, 3.8) is 0 Å². The number of carbonyl (C=O) groups excluding carboxylic acids is 2. The zero-order valence-corrected chi connectivity index (χ0v) is 18.6. The largest absolute Gasteiger partial charge is 0.490 e. The van der Waals surface area contributed by atoms with Crippen LogP contribution in [0.5, 0.6) is 11.5 Å². The van der Waals surface area contributed by atoms with Crippen LogP contribution in [0, 0.1) is 6.92 Å². The van der Waals surface area contributed by atoms with Gasteiger partial charge < -0.3 is 9.47 Å². The number of carbonyl (C=O) groups is 2. The van der Waals surface area contributed by atoms with Crippen molar-refractivity contribution in [2.45, 2.75) is 26.9 Å². The Balaban J connectivity index is 1.78. The van der Waals surface area contributed by atoms with Crippen LogP contribution in [0.25, 0.3) is 0 Å². The van der Waals surface area contributed by atoms with Gasteiger partial charge in [0.05, 0.1) is 10.6 Å². The molecule has 0 bridgehead atoms. The summed E-state index contributed by atoms with van der Waals surface area (Å²) in [5.74, 6) is 0.347. The first-order chi connectivity index (χ1) is 13.7. The van der Waals surface area contributed by atoms with E-state index in [1.54, 1.807) is 30.3 Å². The van der Waals surface area contributed by atoms with E-state index in [-0.39, 0.29) is 17.8 Å². The smallest absolute Gasteiger partial charge is 0.276 e. The number of benzene rings is 2. The van der Waals surface area contributed by atoms with E-state index in [0.717, 1.165) is 5.56 Å². The van der Waals surface area contributed by atoms with Crippen molar-refractivity contribution in [3.8, 4) is 11.5 Å². The number of amides is 2. The van der Waals surface area contributed by atoms with E-state index >= 15 is 0 Å². The van der Waals surface area contributed by atoms with Gasteiger partial charge in [0, 0.05) is 5.56 Å². The molecule has 9 heteroatoms. The lowest BCUT2D eigenvalue weighted by molar-refractivity contribution is -0.123. The van der Waals surface area contributed by atoms with E-state index in [1.165, 1.54) is 0 Å². The Morgan fingerprint density at radius 1 is 1.10 bits per heavy atom. The molecule has 3 N–H and O–H groups in total. The van der Waals surface area contributed by atoms with E-state index in [2.05, 4.69) is 32.1 Å². The zero-order chi connectivity index (χ0) is 21.4. The van der Waals surface area contributed by atoms with Crippen LogP contribution in [0.4, 0.5) is 0 Å². The Morgan fingerprint density at radius 3 is 2.41 bits per heavy atom. The highest BCUT2D eigenvalue weighted by Gasteiger charge is 2.12. The highest BCUT2D eigenvalue weighted by Crippen LogP contribution is 2.26. The summed E-state index contributed by atoms with van der Waals surface area (Å²) >= 11 is 8.40. The molecule has 2 amide bonds. The molecule has 0 spiro atoms. The minimum absolute atomic E-state index is 0.0151. The molecule has 29 heavy (non-hydrogen) atoms. The molecular weight excluding hydrogens is 458 g/mol. The average Bonchev–Trinajstić information content (AvgIpc) is 2.67. The highest BCUT2D eigenvalue weighted by molar-refractivity contribution is 9.10. The minimum atomic E-state index is -0.444. The second kappa shape index (κ2) is 10.8. The maximum atomic E-state index is 12.3. The second-order valence-corrected chi connectivity index (χ2v) is 7.63. The van der Waals surface area contributed by atoms with Gasteiger partial charge in [0.25, 0.3) is 11.8 Å². The molecule has 0 heterocycles. The van der Waals surface area contributed by atoms with Gasteiger partial charge in [-0.3, -0.25) is 25.8 Å². The van der Waals surface area contributed by atoms with Gasteiger partial charge in [0.1, 0.15) is 11.5 Å². The lowest BCUT2D eigenvalue weighted by Gasteiger charge is -2.13. The molecule has 2 rings (SSSR count). The molecule has 0 atom stereocenters. The number of nitrogens with one attached hydrogen (secondary N) is 3. The standard InChI is InChI=1S/C20H22BrN3O4S/c1-12(2)28-17-9-6-14(10-16(17)21)19(26)22-20(29)24-23-18(25)11-27-15-7-4-13(3)5-8-15/h4-10,12H,11H2,1-3H3,(H,23,25)(H2,22,24,26,29). The number of hydrogen-bond acceptors (Lipinski definition) is 5. The summed E-state index contributed by atoms with van der Waals surface area (Å²) in [6.07, 6.45) is 0.0151. The van der Waals surface area contributed by atoms with Crippen molar-refractivity contribution in [1.29, 1.82) is 0 Å². The van der Waals surface area contributed by atoms with Crippen molar-refractivity contribution in [3.05, 3.63) is 58.1 Å². The van der Waals surface area contributed by atoms with Gasteiger partial charge in [-0.15, -0.1) is 0 Å². The van der Waals surface area contributed by atoms with Crippen LogP contribution in [0.15, 0.2) is 46.9 Å². The summed E-state index contributed by atoms with van der Waals surface area (Å²) in [7, 11) is 0. The predicted octanol–water partition coefficient (Wildman–Crippen LogP) is 3.26. The summed E-state index contributed by atoms with van der Waals surface area (Å²) in [5, 5.41) is 2.44. The number of rotatable bonds is 6. The van der Waals surface area contributed by atoms with Gasteiger partial charge in [-0.2, -0.15) is 0 Å². The summed E-state index contributed by atoms with van der Waals surface area (Å²) in [5.41, 5.74) is 6.30. The maximum Gasteiger partial charge on any atom is 0.276 e. The monoisotopic (exact) mass is 479 g/mol. The Morgan fingerprint density at radius 2 is 1.79 bits per heavy atom. The van der Waals surface area contributed by atoms with Crippen LogP contribution >= 0.6 is 28.1 Å². The van der Waals surface area contributed by atoms with E-state index in [1.807, 2.05) is 32.9 Å². The molecule has 2 aromatic carbocycles. The van der Waals surface area contributed by atoms with Crippen molar-refractivity contribution >= 4 is 45.1 Å². The first kappa shape index (κ1) is 22.6. The third-order valence-electron chi connectivity index (χ3n) is 3.49. The fourth-order valence-corrected chi connectivity index (χ4v) is 2.76. The van der Waals surface area contributed by atoms with Gasteiger partial charge in [0.15, 0.2) is 11.7 Å². The van der Waals surface area contributed by atoms with Crippen molar-refractivity contribution in [2.75, 3.05) is 6.61 Å².